The Bertz CT molecular complexity index is 151. The lowest BCUT2D eigenvalue weighted by Gasteiger charge is -2.28. The van der Waals surface area contributed by atoms with E-state index in [1.165, 1.54) is 25.9 Å². The van der Waals surface area contributed by atoms with E-state index >= 15 is 0 Å². The third-order valence-corrected chi connectivity index (χ3v) is 2.80. The quantitative estimate of drug-likeness (QED) is 0.698. The van der Waals surface area contributed by atoms with E-state index in [9.17, 15) is 0 Å². The van der Waals surface area contributed by atoms with E-state index < -0.39 is 0 Å². The van der Waals surface area contributed by atoms with Crippen molar-refractivity contribution in [1.29, 1.82) is 0 Å². The molecule has 76 valence electrons. The molecular weight excluding hydrogens is 184 g/mol. The molecule has 1 fully saturated rings. The van der Waals surface area contributed by atoms with Crippen LogP contribution in [0.4, 0.5) is 0 Å². The lowest BCUT2D eigenvalue weighted by Crippen LogP contribution is -2.34. The molecule has 1 N–H and O–H groups in total. The highest BCUT2D eigenvalue weighted by atomic mass is 35.5. The van der Waals surface area contributed by atoms with Crippen LogP contribution in [-0.4, -0.2) is 38.1 Å². The molecule has 0 aromatic heterocycles. The Balaban J connectivity index is 2.02. The third-order valence-electron chi connectivity index (χ3n) is 2.62. The van der Waals surface area contributed by atoms with Crippen LogP contribution in [-0.2, 0) is 0 Å². The monoisotopic (exact) mass is 202 g/mol. The zero-order valence-electron chi connectivity index (χ0n) is 8.30. The summed E-state index contributed by atoms with van der Waals surface area (Å²) in [7, 11) is 2.19. The topological polar surface area (TPSA) is 15.3 Å². The molecule has 0 amide bonds. The summed E-state index contributed by atoms with van der Waals surface area (Å²) in [5, 5.41) is 3.38. The van der Waals surface area contributed by atoms with Gasteiger partial charge in [0.2, 0.25) is 0 Å². The van der Waals surface area contributed by atoms with E-state index in [4.69, 9.17) is 11.6 Å². The van der Waals surface area contributed by atoms with Gasteiger partial charge in [-0.1, -0.05) is 17.7 Å². The fourth-order valence-corrected chi connectivity index (χ4v) is 1.77. The SMILES string of the molecule is CN1CCC(CNC/C=C/Cl)CC1. The second kappa shape index (κ2) is 6.41. The maximum absolute atomic E-state index is 5.41. The highest BCUT2D eigenvalue weighted by Gasteiger charge is 2.15. The fraction of sp³-hybridized carbons (Fsp3) is 0.800. The molecule has 0 spiro atoms. The summed E-state index contributed by atoms with van der Waals surface area (Å²) in [6, 6.07) is 0. The molecule has 0 unspecified atom stereocenters. The van der Waals surface area contributed by atoms with Gasteiger partial charge >= 0.3 is 0 Å². The lowest BCUT2D eigenvalue weighted by atomic mass is 9.97. The smallest absolute Gasteiger partial charge is 0.0146 e. The van der Waals surface area contributed by atoms with Crippen molar-refractivity contribution in [2.45, 2.75) is 12.8 Å². The van der Waals surface area contributed by atoms with Gasteiger partial charge in [0.15, 0.2) is 0 Å². The van der Waals surface area contributed by atoms with Gasteiger partial charge in [0.05, 0.1) is 0 Å². The molecule has 1 heterocycles. The first-order valence-electron chi connectivity index (χ1n) is 4.97. The Morgan fingerprint density at radius 2 is 2.15 bits per heavy atom. The summed E-state index contributed by atoms with van der Waals surface area (Å²) in [4.78, 5) is 2.40. The minimum absolute atomic E-state index is 0.861. The molecule has 1 rings (SSSR count). The summed E-state index contributed by atoms with van der Waals surface area (Å²) < 4.78 is 0. The maximum Gasteiger partial charge on any atom is 0.0146 e. The van der Waals surface area contributed by atoms with E-state index in [1.807, 2.05) is 6.08 Å². The average molecular weight is 203 g/mol. The number of hydrogen-bond donors (Lipinski definition) is 1. The van der Waals surface area contributed by atoms with Gasteiger partial charge in [0.1, 0.15) is 0 Å². The number of piperidine rings is 1. The van der Waals surface area contributed by atoms with Gasteiger partial charge in [-0.05, 0) is 45.4 Å². The Labute approximate surface area is 85.9 Å². The molecule has 0 atom stereocenters. The summed E-state index contributed by atoms with van der Waals surface area (Å²) >= 11 is 5.41. The molecule has 0 radical (unpaired) electrons. The third kappa shape index (κ3) is 4.65. The summed E-state index contributed by atoms with van der Waals surface area (Å²) in [6.45, 7) is 4.53. The van der Waals surface area contributed by atoms with Gasteiger partial charge in [-0.3, -0.25) is 0 Å². The Hall–Kier alpha value is -0.0500. The number of halogens is 1. The number of rotatable bonds is 4. The zero-order valence-corrected chi connectivity index (χ0v) is 9.06. The second-order valence-electron chi connectivity index (χ2n) is 3.77. The van der Waals surface area contributed by atoms with Gasteiger partial charge in [-0.25, -0.2) is 0 Å². The molecule has 13 heavy (non-hydrogen) atoms. The summed E-state index contributed by atoms with van der Waals surface area (Å²) in [5.74, 6) is 0.861. The van der Waals surface area contributed by atoms with Crippen molar-refractivity contribution >= 4 is 11.6 Å². The maximum atomic E-state index is 5.41. The standard InChI is InChI=1S/C10H19ClN2/c1-13-7-3-10(4-8-13)9-12-6-2-5-11/h2,5,10,12H,3-4,6-9H2,1H3/b5-2+. The van der Waals surface area contributed by atoms with E-state index in [0.717, 1.165) is 19.0 Å². The summed E-state index contributed by atoms with van der Waals surface area (Å²) in [6.07, 6.45) is 4.60. The lowest BCUT2D eigenvalue weighted by molar-refractivity contribution is 0.217. The molecule has 0 bridgehead atoms. The molecule has 1 aliphatic rings. The van der Waals surface area contributed by atoms with Crippen molar-refractivity contribution in [3.8, 4) is 0 Å². The van der Waals surface area contributed by atoms with Crippen LogP contribution in [0.25, 0.3) is 0 Å². The molecule has 0 aromatic carbocycles. The van der Waals surface area contributed by atoms with Crippen LogP contribution in [0.1, 0.15) is 12.8 Å². The number of hydrogen-bond acceptors (Lipinski definition) is 2. The first-order chi connectivity index (χ1) is 6.33. The minimum atomic E-state index is 0.861. The Morgan fingerprint density at radius 1 is 1.46 bits per heavy atom. The molecule has 0 saturated carbocycles. The largest absolute Gasteiger partial charge is 0.313 e. The highest BCUT2D eigenvalue weighted by Crippen LogP contribution is 2.14. The van der Waals surface area contributed by atoms with Crippen molar-refractivity contribution in [3.05, 3.63) is 11.6 Å². The molecule has 2 nitrogen and oxygen atoms in total. The minimum Gasteiger partial charge on any atom is -0.313 e. The van der Waals surface area contributed by atoms with E-state index in [0.29, 0.717) is 0 Å². The van der Waals surface area contributed by atoms with Crippen molar-refractivity contribution < 1.29 is 0 Å². The molecule has 1 aliphatic heterocycles. The van der Waals surface area contributed by atoms with Gasteiger partial charge in [0.25, 0.3) is 0 Å². The van der Waals surface area contributed by atoms with Crippen molar-refractivity contribution in [2.75, 3.05) is 33.2 Å². The van der Waals surface area contributed by atoms with Crippen LogP contribution in [0, 0.1) is 5.92 Å². The number of nitrogens with zero attached hydrogens (tertiary/aromatic N) is 1. The van der Waals surface area contributed by atoms with Gasteiger partial charge in [0, 0.05) is 12.1 Å². The predicted molar refractivity (Wildman–Crippen MR) is 58.1 cm³/mol. The molecule has 1 saturated heterocycles. The van der Waals surface area contributed by atoms with Crippen molar-refractivity contribution in [3.63, 3.8) is 0 Å². The molecule has 0 aliphatic carbocycles. The van der Waals surface area contributed by atoms with E-state index in [-0.39, 0.29) is 0 Å². The predicted octanol–water partition coefficient (Wildman–Crippen LogP) is 1.67. The van der Waals surface area contributed by atoms with Crippen molar-refractivity contribution in [1.82, 2.24) is 10.2 Å². The first-order valence-corrected chi connectivity index (χ1v) is 5.41. The Kier molecular flexibility index (Phi) is 5.44. The van der Waals surface area contributed by atoms with E-state index in [1.54, 1.807) is 5.54 Å². The second-order valence-corrected chi connectivity index (χ2v) is 4.02. The molecule has 3 heteroatoms. The first kappa shape index (κ1) is 11.0. The van der Waals surface area contributed by atoms with Crippen molar-refractivity contribution in [2.24, 2.45) is 5.92 Å². The Morgan fingerprint density at radius 3 is 2.77 bits per heavy atom. The zero-order chi connectivity index (χ0) is 9.52. The van der Waals surface area contributed by atoms with Crippen LogP contribution in [0.5, 0.6) is 0 Å². The normalized spacial score (nSPS) is 21.4. The van der Waals surface area contributed by atoms with Gasteiger partial charge in [-0.2, -0.15) is 0 Å². The fourth-order valence-electron chi connectivity index (χ4n) is 1.68. The van der Waals surface area contributed by atoms with E-state index in [2.05, 4.69) is 17.3 Å². The van der Waals surface area contributed by atoms with Gasteiger partial charge < -0.3 is 10.2 Å². The van der Waals surface area contributed by atoms with Crippen LogP contribution in [0.15, 0.2) is 11.6 Å². The number of nitrogens with one attached hydrogen (secondary N) is 1. The van der Waals surface area contributed by atoms with Crippen LogP contribution < -0.4 is 5.32 Å². The molecule has 0 aromatic rings. The van der Waals surface area contributed by atoms with Crippen LogP contribution >= 0.6 is 11.6 Å². The summed E-state index contributed by atoms with van der Waals surface area (Å²) in [5.41, 5.74) is 1.57. The average Bonchev–Trinajstić information content (AvgIpc) is 2.15. The number of likely N-dealkylation sites (tertiary alicyclic amines) is 1. The molecular formula is C10H19ClN2. The van der Waals surface area contributed by atoms with Crippen LogP contribution in [0.3, 0.4) is 0 Å². The van der Waals surface area contributed by atoms with Crippen LogP contribution in [0.2, 0.25) is 0 Å². The van der Waals surface area contributed by atoms with Gasteiger partial charge in [-0.15, -0.1) is 0 Å². The highest BCUT2D eigenvalue weighted by molar-refractivity contribution is 6.25.